The number of benzene rings is 2. The van der Waals surface area contributed by atoms with Gasteiger partial charge in [-0.2, -0.15) is 0 Å². The van der Waals surface area contributed by atoms with Gasteiger partial charge in [-0.1, -0.05) is 18.2 Å². The average molecular weight is 594 g/mol. The molecule has 1 aliphatic rings. The molecule has 3 N–H and O–H groups in total. The number of likely N-dealkylation sites (tertiary alicyclic amines) is 1. The number of aryl methyl sites for hydroxylation is 2. The van der Waals surface area contributed by atoms with Crippen molar-refractivity contribution in [2.75, 3.05) is 31.6 Å². The fourth-order valence-corrected chi connectivity index (χ4v) is 5.48. The number of amides is 1. The maximum atomic E-state index is 13.5. The highest BCUT2D eigenvalue weighted by atomic mass is 16.5. The fourth-order valence-electron chi connectivity index (χ4n) is 5.48. The molecule has 4 aromatic rings. The van der Waals surface area contributed by atoms with Gasteiger partial charge >= 0.3 is 0 Å². The highest BCUT2D eigenvalue weighted by molar-refractivity contribution is 6.04. The molecule has 0 spiro atoms. The first-order valence-corrected chi connectivity index (χ1v) is 15.4. The molecule has 8 nitrogen and oxygen atoms in total. The van der Waals surface area contributed by atoms with E-state index in [2.05, 4.69) is 32.3 Å². The Bertz CT molecular complexity index is 1550. The molecule has 1 amide bonds. The molecule has 2 aromatic carbocycles. The third kappa shape index (κ3) is 8.50. The van der Waals surface area contributed by atoms with E-state index in [1.54, 1.807) is 6.20 Å². The number of pyridine rings is 2. The van der Waals surface area contributed by atoms with Gasteiger partial charge in [-0.05, 0) is 117 Å². The Morgan fingerprint density at radius 3 is 2.50 bits per heavy atom. The van der Waals surface area contributed by atoms with Gasteiger partial charge in [0, 0.05) is 48.5 Å². The first kappa shape index (κ1) is 31.3. The van der Waals surface area contributed by atoms with Crippen LogP contribution in [0.15, 0.2) is 73.1 Å². The zero-order valence-electron chi connectivity index (χ0n) is 26.2. The SMILES string of the molecule is Cc1ccc(-c2cc(CN3CCC[C@H](N)C3)cc(NC(=O)c3cc(-c4ccc(OCCOC(C)C)cc4)c(C)cn3)c2)cn1. The molecular formula is C36H43N5O3. The summed E-state index contributed by atoms with van der Waals surface area (Å²) < 4.78 is 11.4. The molecule has 44 heavy (non-hydrogen) atoms. The van der Waals surface area contributed by atoms with Crippen LogP contribution in [0.3, 0.4) is 0 Å². The summed E-state index contributed by atoms with van der Waals surface area (Å²) >= 11 is 0. The number of anilines is 1. The van der Waals surface area contributed by atoms with Crippen molar-refractivity contribution in [3.63, 3.8) is 0 Å². The van der Waals surface area contributed by atoms with E-state index in [-0.39, 0.29) is 18.1 Å². The molecule has 0 aliphatic carbocycles. The van der Waals surface area contributed by atoms with Gasteiger partial charge in [0.2, 0.25) is 0 Å². The zero-order valence-corrected chi connectivity index (χ0v) is 26.2. The van der Waals surface area contributed by atoms with Gasteiger partial charge in [-0.15, -0.1) is 0 Å². The molecule has 0 bridgehead atoms. The van der Waals surface area contributed by atoms with Gasteiger partial charge in [0.1, 0.15) is 18.1 Å². The van der Waals surface area contributed by atoms with Crippen molar-refractivity contribution in [3.8, 4) is 28.0 Å². The van der Waals surface area contributed by atoms with E-state index in [1.165, 1.54) is 0 Å². The van der Waals surface area contributed by atoms with Crippen molar-refractivity contribution in [1.82, 2.24) is 14.9 Å². The molecule has 0 radical (unpaired) electrons. The van der Waals surface area contributed by atoms with Crippen molar-refractivity contribution in [2.24, 2.45) is 5.73 Å². The summed E-state index contributed by atoms with van der Waals surface area (Å²) in [5.41, 5.74) is 14.3. The van der Waals surface area contributed by atoms with Crippen LogP contribution < -0.4 is 15.8 Å². The van der Waals surface area contributed by atoms with Crippen molar-refractivity contribution in [1.29, 1.82) is 0 Å². The van der Waals surface area contributed by atoms with Crippen molar-refractivity contribution in [3.05, 3.63) is 95.6 Å². The Hall–Kier alpha value is -4.11. The zero-order chi connectivity index (χ0) is 31.1. The second-order valence-electron chi connectivity index (χ2n) is 11.9. The van der Waals surface area contributed by atoms with Crippen LogP contribution in [0.5, 0.6) is 5.75 Å². The van der Waals surface area contributed by atoms with Gasteiger partial charge in [0.15, 0.2) is 0 Å². The number of nitrogens with one attached hydrogen (secondary N) is 1. The Labute approximate surface area is 260 Å². The maximum Gasteiger partial charge on any atom is 0.274 e. The largest absolute Gasteiger partial charge is 0.491 e. The van der Waals surface area contributed by atoms with E-state index < -0.39 is 0 Å². The third-order valence-corrected chi connectivity index (χ3v) is 7.75. The number of aromatic nitrogens is 2. The quantitative estimate of drug-likeness (QED) is 0.194. The lowest BCUT2D eigenvalue weighted by Crippen LogP contribution is -2.42. The van der Waals surface area contributed by atoms with Crippen molar-refractivity contribution >= 4 is 11.6 Å². The lowest BCUT2D eigenvalue weighted by Gasteiger charge is -2.30. The number of carbonyl (C=O) groups is 1. The number of nitrogens with two attached hydrogens (primary N) is 1. The average Bonchev–Trinajstić information content (AvgIpc) is 3.00. The predicted molar refractivity (Wildman–Crippen MR) is 176 cm³/mol. The normalized spacial score (nSPS) is 15.4. The van der Waals surface area contributed by atoms with Gasteiger partial charge in [0.05, 0.1) is 12.7 Å². The van der Waals surface area contributed by atoms with Crippen LogP contribution in [0.25, 0.3) is 22.3 Å². The highest BCUT2D eigenvalue weighted by Gasteiger charge is 2.18. The Morgan fingerprint density at radius 2 is 1.77 bits per heavy atom. The number of piperidine rings is 1. The lowest BCUT2D eigenvalue weighted by atomic mass is 10.0. The topological polar surface area (TPSA) is 103 Å². The molecule has 1 saturated heterocycles. The number of nitrogens with zero attached hydrogens (tertiary/aromatic N) is 3. The second kappa shape index (κ2) is 14.6. The molecule has 1 fully saturated rings. The van der Waals surface area contributed by atoms with Crippen LogP contribution in [0, 0.1) is 13.8 Å². The molecule has 0 saturated carbocycles. The van der Waals surface area contributed by atoms with Crippen molar-refractivity contribution < 1.29 is 14.3 Å². The summed E-state index contributed by atoms with van der Waals surface area (Å²) in [6.45, 7) is 11.7. The van der Waals surface area contributed by atoms with Gasteiger partial charge in [-0.25, -0.2) is 0 Å². The van der Waals surface area contributed by atoms with E-state index in [0.29, 0.717) is 18.9 Å². The summed E-state index contributed by atoms with van der Waals surface area (Å²) in [6, 6.07) is 20.2. The maximum absolute atomic E-state index is 13.5. The molecule has 1 atom stereocenters. The molecule has 8 heteroatoms. The molecule has 230 valence electrons. The molecule has 0 unspecified atom stereocenters. The Balaban J connectivity index is 1.34. The number of hydrogen-bond acceptors (Lipinski definition) is 7. The second-order valence-corrected chi connectivity index (χ2v) is 11.9. The summed E-state index contributed by atoms with van der Waals surface area (Å²) in [7, 11) is 0. The van der Waals surface area contributed by atoms with E-state index in [1.807, 2.05) is 82.4 Å². The predicted octanol–water partition coefficient (Wildman–Crippen LogP) is 6.41. The van der Waals surface area contributed by atoms with Crippen LogP contribution in [-0.4, -0.2) is 59.2 Å². The smallest absolute Gasteiger partial charge is 0.274 e. The van der Waals surface area contributed by atoms with Crippen molar-refractivity contribution in [2.45, 2.75) is 59.2 Å². The summed E-state index contributed by atoms with van der Waals surface area (Å²) in [4.78, 5) is 24.9. The lowest BCUT2D eigenvalue weighted by molar-refractivity contribution is 0.0553. The molecule has 5 rings (SSSR count). The minimum absolute atomic E-state index is 0.178. The standard InChI is InChI=1S/C36H43N5O3/c1-24(2)43-14-15-44-33-11-9-28(10-12-33)34-19-35(39-20-25(34)3)36(42)40-32-17-27(22-41-13-5-6-31(37)23-41)16-30(18-32)29-8-7-26(4)38-21-29/h7-12,16-21,24,31H,5-6,13-15,22-23,37H2,1-4H3,(H,40,42)/t31-/m0/s1. The van der Waals surface area contributed by atoms with Crippen LogP contribution in [-0.2, 0) is 11.3 Å². The monoisotopic (exact) mass is 593 g/mol. The first-order chi connectivity index (χ1) is 21.2. The number of hydrogen-bond donors (Lipinski definition) is 2. The van der Waals surface area contributed by atoms with Gasteiger partial charge in [0.25, 0.3) is 5.91 Å². The van der Waals surface area contributed by atoms with E-state index in [4.69, 9.17) is 15.2 Å². The number of carbonyl (C=O) groups excluding carboxylic acids is 1. The first-order valence-electron chi connectivity index (χ1n) is 15.4. The third-order valence-electron chi connectivity index (χ3n) is 7.75. The fraction of sp³-hybridized carbons (Fsp3) is 0.361. The molecule has 2 aromatic heterocycles. The number of rotatable bonds is 11. The van der Waals surface area contributed by atoms with Crippen LogP contribution >= 0.6 is 0 Å². The summed E-state index contributed by atoms with van der Waals surface area (Å²) in [5, 5.41) is 3.11. The van der Waals surface area contributed by atoms with Crippen LogP contribution in [0.1, 0.15) is 54.0 Å². The van der Waals surface area contributed by atoms with E-state index in [0.717, 1.165) is 83.0 Å². The summed E-state index contributed by atoms with van der Waals surface area (Å²) in [5.74, 6) is 0.512. The highest BCUT2D eigenvalue weighted by Crippen LogP contribution is 2.28. The molecular weight excluding hydrogens is 550 g/mol. The number of ether oxygens (including phenoxy) is 2. The van der Waals surface area contributed by atoms with E-state index >= 15 is 0 Å². The molecule has 1 aliphatic heterocycles. The minimum Gasteiger partial charge on any atom is -0.491 e. The van der Waals surface area contributed by atoms with Gasteiger partial charge in [-0.3, -0.25) is 19.7 Å². The van der Waals surface area contributed by atoms with Gasteiger partial charge < -0.3 is 20.5 Å². The van der Waals surface area contributed by atoms with Crippen LogP contribution in [0.2, 0.25) is 0 Å². The van der Waals surface area contributed by atoms with Crippen LogP contribution in [0.4, 0.5) is 5.69 Å². The minimum atomic E-state index is -0.263. The molecule has 3 heterocycles. The van der Waals surface area contributed by atoms with E-state index in [9.17, 15) is 4.79 Å². The Morgan fingerprint density at radius 1 is 0.977 bits per heavy atom. The Kier molecular flexibility index (Phi) is 10.4. The summed E-state index contributed by atoms with van der Waals surface area (Å²) in [6.07, 6.45) is 5.95.